The quantitative estimate of drug-likeness (QED) is 0.475. The standard InChI is InChI=1S/C17H17N3O.CH4O3S/c1-11-8-17(15-9-12(18)6-7-16(15)19-11)20-13-4-3-5-14(10-13)21-2;1-5(2,3)4/h3-10H,18H2,1-2H3,(H,19,20);1H3,(H,2,3,4). The number of rotatable bonds is 3. The summed E-state index contributed by atoms with van der Waals surface area (Å²) in [7, 11) is -2.01. The zero-order valence-electron chi connectivity index (χ0n) is 14.7. The van der Waals surface area contributed by atoms with E-state index in [0.717, 1.165) is 39.4 Å². The average Bonchev–Trinajstić information content (AvgIpc) is 2.54. The second-order valence-corrected chi connectivity index (χ2v) is 7.14. The highest BCUT2D eigenvalue weighted by molar-refractivity contribution is 7.85. The zero-order chi connectivity index (χ0) is 19.3. The maximum Gasteiger partial charge on any atom is 0.261 e. The Kier molecular flexibility index (Phi) is 6.01. The van der Waals surface area contributed by atoms with Crippen molar-refractivity contribution in [3.8, 4) is 5.75 Å². The van der Waals surface area contributed by atoms with Gasteiger partial charge in [-0.15, -0.1) is 0 Å². The summed E-state index contributed by atoms with van der Waals surface area (Å²) in [6.45, 7) is 1.98. The highest BCUT2D eigenvalue weighted by Gasteiger charge is 2.06. The summed E-state index contributed by atoms with van der Waals surface area (Å²) in [5, 5.41) is 4.42. The molecular weight excluding hydrogens is 354 g/mol. The Morgan fingerprint density at radius 2 is 1.85 bits per heavy atom. The first kappa shape index (κ1) is 19.5. The fourth-order valence-corrected chi connectivity index (χ4v) is 2.34. The average molecular weight is 375 g/mol. The van der Waals surface area contributed by atoms with Crippen LogP contribution in [-0.4, -0.2) is 31.3 Å². The van der Waals surface area contributed by atoms with Crippen LogP contribution in [0.15, 0.2) is 48.5 Å². The maximum atomic E-state index is 9.19. The van der Waals surface area contributed by atoms with Crippen LogP contribution in [0, 0.1) is 6.92 Å². The van der Waals surface area contributed by atoms with Crippen LogP contribution in [0.4, 0.5) is 17.1 Å². The molecule has 0 saturated carbocycles. The van der Waals surface area contributed by atoms with E-state index in [4.69, 9.17) is 15.0 Å². The van der Waals surface area contributed by atoms with Crippen molar-refractivity contribution in [2.45, 2.75) is 6.92 Å². The summed E-state index contributed by atoms with van der Waals surface area (Å²) in [6, 6.07) is 15.6. The summed E-state index contributed by atoms with van der Waals surface area (Å²) in [6.07, 6.45) is 0.715. The number of hydrogen-bond acceptors (Lipinski definition) is 6. The molecule has 138 valence electrons. The molecule has 0 atom stereocenters. The smallest absolute Gasteiger partial charge is 0.261 e. The molecule has 8 heteroatoms. The second-order valence-electron chi connectivity index (χ2n) is 5.68. The molecule has 3 rings (SSSR count). The molecule has 1 aromatic heterocycles. The first-order valence-electron chi connectivity index (χ1n) is 7.66. The Bertz CT molecular complexity index is 1010. The number of aryl methyl sites for hydroxylation is 1. The van der Waals surface area contributed by atoms with Crippen LogP contribution in [0.3, 0.4) is 0 Å². The first-order chi connectivity index (χ1) is 12.2. The van der Waals surface area contributed by atoms with Crippen LogP contribution in [0.2, 0.25) is 0 Å². The van der Waals surface area contributed by atoms with Crippen molar-refractivity contribution in [2.24, 2.45) is 0 Å². The van der Waals surface area contributed by atoms with Crippen molar-refractivity contribution in [1.82, 2.24) is 4.98 Å². The van der Waals surface area contributed by atoms with Gasteiger partial charge in [0.1, 0.15) is 5.75 Å². The normalized spacial score (nSPS) is 10.8. The molecule has 0 spiro atoms. The lowest BCUT2D eigenvalue weighted by Crippen LogP contribution is -1.96. The van der Waals surface area contributed by atoms with E-state index >= 15 is 0 Å². The molecule has 0 aliphatic rings. The van der Waals surface area contributed by atoms with E-state index in [-0.39, 0.29) is 0 Å². The number of nitrogen functional groups attached to an aromatic ring is 1. The molecular formula is C18H21N3O4S. The Balaban J connectivity index is 0.000000431. The predicted molar refractivity (Wildman–Crippen MR) is 105 cm³/mol. The van der Waals surface area contributed by atoms with Gasteiger partial charge in [-0.1, -0.05) is 6.07 Å². The second kappa shape index (κ2) is 8.03. The topological polar surface area (TPSA) is 115 Å². The van der Waals surface area contributed by atoms with E-state index < -0.39 is 10.1 Å². The lowest BCUT2D eigenvalue weighted by Gasteiger charge is -2.12. The Labute approximate surface area is 152 Å². The molecule has 0 amide bonds. The van der Waals surface area contributed by atoms with E-state index in [1.54, 1.807) is 7.11 Å². The van der Waals surface area contributed by atoms with Gasteiger partial charge in [-0.2, -0.15) is 8.42 Å². The van der Waals surface area contributed by atoms with Gasteiger partial charge in [-0.3, -0.25) is 9.54 Å². The van der Waals surface area contributed by atoms with Crippen molar-refractivity contribution in [1.29, 1.82) is 0 Å². The molecule has 4 N–H and O–H groups in total. The SMILES string of the molecule is COc1cccc(Nc2cc(C)nc3ccc(N)cc23)c1.CS(=O)(=O)O. The molecule has 0 bridgehead atoms. The van der Waals surface area contributed by atoms with Crippen LogP contribution in [0.25, 0.3) is 10.9 Å². The van der Waals surface area contributed by atoms with Gasteiger partial charge in [0.15, 0.2) is 0 Å². The maximum absolute atomic E-state index is 9.19. The van der Waals surface area contributed by atoms with Gasteiger partial charge in [-0.05, 0) is 43.3 Å². The minimum atomic E-state index is -3.67. The van der Waals surface area contributed by atoms with Crippen molar-refractivity contribution < 1.29 is 17.7 Å². The lowest BCUT2D eigenvalue weighted by atomic mass is 10.1. The number of pyridine rings is 1. The highest BCUT2D eigenvalue weighted by atomic mass is 32.2. The van der Waals surface area contributed by atoms with Gasteiger partial charge in [0.25, 0.3) is 10.1 Å². The first-order valence-corrected chi connectivity index (χ1v) is 9.51. The zero-order valence-corrected chi connectivity index (χ0v) is 15.5. The van der Waals surface area contributed by atoms with Crippen molar-refractivity contribution in [3.63, 3.8) is 0 Å². The minimum absolute atomic E-state index is 0.715. The molecule has 0 unspecified atom stereocenters. The molecule has 1 heterocycles. The molecule has 0 aliphatic heterocycles. The molecule has 0 saturated heterocycles. The van der Waals surface area contributed by atoms with Gasteiger partial charge >= 0.3 is 0 Å². The Morgan fingerprint density at radius 3 is 2.50 bits per heavy atom. The van der Waals surface area contributed by atoms with Crippen LogP contribution in [-0.2, 0) is 10.1 Å². The van der Waals surface area contributed by atoms with Gasteiger partial charge in [0.2, 0.25) is 0 Å². The van der Waals surface area contributed by atoms with Crippen molar-refractivity contribution in [2.75, 3.05) is 24.4 Å². The van der Waals surface area contributed by atoms with E-state index in [1.165, 1.54) is 0 Å². The number of anilines is 3. The van der Waals surface area contributed by atoms with Crippen LogP contribution in [0.5, 0.6) is 5.75 Å². The van der Waals surface area contributed by atoms with E-state index in [2.05, 4.69) is 10.3 Å². The largest absolute Gasteiger partial charge is 0.497 e. The summed E-state index contributed by atoms with van der Waals surface area (Å²) < 4.78 is 31.1. The predicted octanol–water partition coefficient (Wildman–Crippen LogP) is 3.38. The Morgan fingerprint density at radius 1 is 1.15 bits per heavy atom. The molecule has 3 aromatic rings. The molecule has 0 radical (unpaired) electrons. The third kappa shape index (κ3) is 5.91. The van der Waals surface area contributed by atoms with Crippen LogP contribution < -0.4 is 15.8 Å². The number of hydrogen-bond donors (Lipinski definition) is 3. The number of nitrogens with two attached hydrogens (primary N) is 1. The van der Waals surface area contributed by atoms with Gasteiger partial charge in [0, 0.05) is 34.2 Å². The number of methoxy groups -OCH3 is 1. The monoisotopic (exact) mass is 375 g/mol. The van der Waals surface area contributed by atoms with Gasteiger partial charge < -0.3 is 15.8 Å². The number of nitrogens with one attached hydrogen (secondary N) is 1. The highest BCUT2D eigenvalue weighted by Crippen LogP contribution is 2.29. The van der Waals surface area contributed by atoms with E-state index in [0.29, 0.717) is 6.26 Å². The van der Waals surface area contributed by atoms with Gasteiger partial charge in [-0.25, -0.2) is 0 Å². The minimum Gasteiger partial charge on any atom is -0.497 e. The molecule has 7 nitrogen and oxygen atoms in total. The number of fused-ring (bicyclic) bond motifs is 1. The summed E-state index contributed by atoms with van der Waals surface area (Å²) in [4.78, 5) is 4.53. The number of aromatic nitrogens is 1. The summed E-state index contributed by atoms with van der Waals surface area (Å²) in [5.41, 5.74) is 10.4. The van der Waals surface area contributed by atoms with Crippen LogP contribution in [0.1, 0.15) is 5.69 Å². The van der Waals surface area contributed by atoms with E-state index in [9.17, 15) is 8.42 Å². The van der Waals surface area contributed by atoms with Crippen molar-refractivity contribution in [3.05, 3.63) is 54.2 Å². The number of benzene rings is 2. The third-order valence-corrected chi connectivity index (χ3v) is 3.31. The summed E-state index contributed by atoms with van der Waals surface area (Å²) in [5.74, 6) is 0.814. The van der Waals surface area contributed by atoms with Gasteiger partial charge in [0.05, 0.1) is 18.9 Å². The summed E-state index contributed by atoms with van der Waals surface area (Å²) >= 11 is 0. The fourth-order valence-electron chi connectivity index (χ4n) is 2.34. The number of nitrogens with zero attached hydrogens (tertiary/aromatic N) is 1. The third-order valence-electron chi connectivity index (χ3n) is 3.31. The van der Waals surface area contributed by atoms with Crippen LogP contribution >= 0.6 is 0 Å². The molecule has 0 fully saturated rings. The number of ether oxygens (including phenoxy) is 1. The molecule has 0 aliphatic carbocycles. The fraction of sp³-hybridized carbons (Fsp3) is 0.167. The molecule has 2 aromatic carbocycles. The van der Waals surface area contributed by atoms with E-state index in [1.807, 2.05) is 55.5 Å². The Hall–Kier alpha value is -2.84. The molecule has 26 heavy (non-hydrogen) atoms. The lowest BCUT2D eigenvalue weighted by molar-refractivity contribution is 0.415. The van der Waals surface area contributed by atoms with Crippen molar-refractivity contribution >= 4 is 38.1 Å².